The Bertz CT molecular complexity index is 1740. The molecular formula is C34H33Cl2F5N4O6. The molecule has 0 radical (unpaired) electrons. The molecule has 0 aliphatic heterocycles. The number of benzene rings is 3. The van der Waals surface area contributed by atoms with E-state index in [2.05, 4.69) is 16.0 Å². The van der Waals surface area contributed by atoms with Crippen LogP contribution < -0.4 is 26.0 Å². The van der Waals surface area contributed by atoms with Gasteiger partial charge in [0, 0.05) is 22.0 Å². The zero-order valence-electron chi connectivity index (χ0n) is 27.2. The summed E-state index contributed by atoms with van der Waals surface area (Å²) in [6.45, 7) is 0.378. The van der Waals surface area contributed by atoms with Crippen molar-refractivity contribution in [2.45, 2.75) is 50.5 Å². The van der Waals surface area contributed by atoms with Gasteiger partial charge in [-0.25, -0.2) is 0 Å². The first-order valence-electron chi connectivity index (χ1n) is 15.1. The van der Waals surface area contributed by atoms with Gasteiger partial charge in [0.05, 0.1) is 13.2 Å². The zero-order valence-corrected chi connectivity index (χ0v) is 28.8. The Kier molecular flexibility index (Phi) is 13.9. The molecule has 3 aromatic rings. The van der Waals surface area contributed by atoms with E-state index in [1.165, 1.54) is 69.5 Å². The van der Waals surface area contributed by atoms with Crippen LogP contribution in [0.2, 0.25) is 10.0 Å². The summed E-state index contributed by atoms with van der Waals surface area (Å²) < 4.78 is 72.5. The Morgan fingerprint density at radius 3 is 1.94 bits per heavy atom. The third-order valence-corrected chi connectivity index (χ3v) is 7.80. The van der Waals surface area contributed by atoms with Gasteiger partial charge < -0.3 is 26.0 Å². The molecule has 274 valence electrons. The number of carbonyl (C=O) groups excluding carboxylic acids is 5. The molecular weight excluding hydrogens is 726 g/mol. The number of nitrogens with one attached hydrogen (secondary N) is 4. The van der Waals surface area contributed by atoms with Gasteiger partial charge in [-0.3, -0.25) is 24.0 Å². The standard InChI is InChI=1S/C34H33Cl2F5N4O6/c1-18(2)26(28(46)34(40,41)32(50)42-17-33(37,38)39)44-31(49)27(20-10-12-24(51-3)13-11-20)45-30(48)25(15-19-6-4-8-22(35)14-19)43-29(47)21-7-5-9-23(36)16-21/h4-14,16,18,25-27H,15,17H2,1-3H3,(H,42,50)(H,43,47)(H,44,49)(H,45,48)/t25-,26-,27-/m0/s1. The van der Waals surface area contributed by atoms with Gasteiger partial charge in [-0.2, -0.15) is 22.0 Å². The van der Waals surface area contributed by atoms with E-state index in [4.69, 9.17) is 27.9 Å². The van der Waals surface area contributed by atoms with Gasteiger partial charge in [0.15, 0.2) is 0 Å². The Morgan fingerprint density at radius 2 is 1.39 bits per heavy atom. The summed E-state index contributed by atoms with van der Waals surface area (Å²) in [5.41, 5.74) is 0.694. The van der Waals surface area contributed by atoms with Crippen LogP contribution in [0.3, 0.4) is 0 Å². The highest BCUT2D eigenvalue weighted by atomic mass is 35.5. The molecule has 17 heteroatoms. The third kappa shape index (κ3) is 11.6. The number of rotatable bonds is 15. The van der Waals surface area contributed by atoms with Crippen LogP contribution in [-0.4, -0.2) is 67.2 Å². The molecule has 0 saturated carbocycles. The van der Waals surface area contributed by atoms with Gasteiger partial charge in [-0.05, 0) is 59.5 Å². The molecule has 3 atom stereocenters. The van der Waals surface area contributed by atoms with Crippen LogP contribution in [0, 0.1) is 5.92 Å². The lowest BCUT2D eigenvalue weighted by Crippen LogP contribution is -2.58. The largest absolute Gasteiger partial charge is 0.497 e. The van der Waals surface area contributed by atoms with Crippen molar-refractivity contribution in [1.29, 1.82) is 0 Å². The highest BCUT2D eigenvalue weighted by Gasteiger charge is 2.52. The van der Waals surface area contributed by atoms with Crippen molar-refractivity contribution in [2.75, 3.05) is 13.7 Å². The molecule has 3 rings (SSSR count). The van der Waals surface area contributed by atoms with Crippen molar-refractivity contribution in [2.24, 2.45) is 5.92 Å². The van der Waals surface area contributed by atoms with Crippen molar-refractivity contribution in [3.8, 4) is 5.75 Å². The number of ether oxygens (including phenoxy) is 1. The highest BCUT2D eigenvalue weighted by molar-refractivity contribution is 6.31. The molecule has 4 N–H and O–H groups in total. The number of alkyl halides is 5. The Hall–Kier alpha value is -4.76. The van der Waals surface area contributed by atoms with Crippen molar-refractivity contribution < 1.29 is 50.7 Å². The lowest BCUT2D eigenvalue weighted by molar-refractivity contribution is -0.165. The van der Waals surface area contributed by atoms with Crippen LogP contribution in [-0.2, 0) is 25.6 Å². The molecule has 10 nitrogen and oxygen atoms in total. The number of amides is 4. The smallest absolute Gasteiger partial charge is 0.405 e. The van der Waals surface area contributed by atoms with E-state index in [1.54, 1.807) is 24.3 Å². The molecule has 3 aromatic carbocycles. The first kappa shape index (κ1) is 40.7. The minimum atomic E-state index is -5.04. The van der Waals surface area contributed by atoms with E-state index in [0.29, 0.717) is 16.3 Å². The van der Waals surface area contributed by atoms with Crippen LogP contribution in [0.1, 0.15) is 41.4 Å². The monoisotopic (exact) mass is 758 g/mol. The summed E-state index contributed by atoms with van der Waals surface area (Å²) in [6.07, 6.45) is -5.18. The molecule has 0 unspecified atom stereocenters. The van der Waals surface area contributed by atoms with Crippen molar-refractivity contribution in [3.05, 3.63) is 99.5 Å². The molecule has 0 fully saturated rings. The Morgan fingerprint density at radius 1 is 0.784 bits per heavy atom. The Labute approximate surface area is 299 Å². The minimum Gasteiger partial charge on any atom is -0.497 e. The fraction of sp³-hybridized carbons (Fsp3) is 0.324. The van der Waals surface area contributed by atoms with E-state index in [1.807, 2.05) is 0 Å². The number of ketones is 1. The fourth-order valence-corrected chi connectivity index (χ4v) is 5.09. The summed E-state index contributed by atoms with van der Waals surface area (Å²) >= 11 is 12.2. The van der Waals surface area contributed by atoms with E-state index in [0.717, 1.165) is 5.32 Å². The first-order valence-corrected chi connectivity index (χ1v) is 15.9. The topological polar surface area (TPSA) is 143 Å². The maximum absolute atomic E-state index is 14.9. The number of hydrogen-bond donors (Lipinski definition) is 4. The highest BCUT2D eigenvalue weighted by Crippen LogP contribution is 2.24. The lowest BCUT2D eigenvalue weighted by Gasteiger charge is -2.28. The fourth-order valence-electron chi connectivity index (χ4n) is 4.69. The third-order valence-electron chi connectivity index (χ3n) is 7.33. The van der Waals surface area contributed by atoms with E-state index >= 15 is 0 Å². The van der Waals surface area contributed by atoms with Gasteiger partial charge in [0.25, 0.3) is 11.8 Å². The maximum Gasteiger partial charge on any atom is 0.405 e. The first-order chi connectivity index (χ1) is 23.8. The van der Waals surface area contributed by atoms with Crippen LogP contribution in [0.15, 0.2) is 72.8 Å². The minimum absolute atomic E-state index is 0.0777. The number of Topliss-reactive ketones (excluding diaryl/α,β-unsaturated/α-hetero) is 1. The van der Waals surface area contributed by atoms with Gasteiger partial charge in [-0.1, -0.05) is 67.4 Å². The van der Waals surface area contributed by atoms with E-state index in [-0.39, 0.29) is 22.6 Å². The van der Waals surface area contributed by atoms with Crippen LogP contribution >= 0.6 is 23.2 Å². The predicted molar refractivity (Wildman–Crippen MR) is 178 cm³/mol. The number of carbonyl (C=O) groups is 5. The average molecular weight is 760 g/mol. The van der Waals surface area contributed by atoms with Gasteiger partial charge >= 0.3 is 12.1 Å². The maximum atomic E-state index is 14.9. The van der Waals surface area contributed by atoms with Crippen molar-refractivity contribution in [1.82, 2.24) is 21.3 Å². The predicted octanol–water partition coefficient (Wildman–Crippen LogP) is 5.22. The normalized spacial score (nSPS) is 13.4. The summed E-state index contributed by atoms with van der Waals surface area (Å²) in [5.74, 6) is -13.3. The second kappa shape index (κ2) is 17.4. The summed E-state index contributed by atoms with van der Waals surface area (Å²) in [5, 5.41) is 8.74. The zero-order chi connectivity index (χ0) is 38.1. The van der Waals surface area contributed by atoms with Crippen LogP contribution in [0.5, 0.6) is 5.75 Å². The van der Waals surface area contributed by atoms with Crippen LogP contribution in [0.25, 0.3) is 0 Å². The number of halogens is 7. The quantitative estimate of drug-likeness (QED) is 0.124. The summed E-state index contributed by atoms with van der Waals surface area (Å²) in [4.78, 5) is 65.8. The van der Waals surface area contributed by atoms with E-state index in [9.17, 15) is 45.9 Å². The number of methoxy groups -OCH3 is 1. The molecule has 0 heterocycles. The molecule has 0 aliphatic carbocycles. The molecule has 0 aromatic heterocycles. The Balaban J connectivity index is 1.97. The van der Waals surface area contributed by atoms with Crippen molar-refractivity contribution >= 4 is 52.6 Å². The summed E-state index contributed by atoms with van der Waals surface area (Å²) in [7, 11) is 1.37. The van der Waals surface area contributed by atoms with Gasteiger partial charge in [0.2, 0.25) is 17.6 Å². The SMILES string of the molecule is COc1ccc([C@H](NC(=O)[C@H](Cc2cccc(Cl)c2)NC(=O)c2cccc(Cl)c2)C(=O)N[C@H](C(=O)C(F)(F)C(=O)NCC(F)(F)F)C(C)C)cc1. The van der Waals surface area contributed by atoms with E-state index < -0.39 is 72.1 Å². The molecule has 4 amide bonds. The lowest BCUT2D eigenvalue weighted by atomic mass is 9.94. The second-order valence-electron chi connectivity index (χ2n) is 11.6. The van der Waals surface area contributed by atoms with Gasteiger partial charge in [0.1, 0.15) is 24.4 Å². The average Bonchev–Trinajstić information content (AvgIpc) is 3.07. The molecule has 0 saturated heterocycles. The van der Waals surface area contributed by atoms with Crippen LogP contribution in [0.4, 0.5) is 22.0 Å². The summed E-state index contributed by atoms with van der Waals surface area (Å²) in [6, 6.07) is 12.7. The molecule has 0 aliphatic rings. The van der Waals surface area contributed by atoms with Crippen molar-refractivity contribution in [3.63, 3.8) is 0 Å². The van der Waals surface area contributed by atoms with Gasteiger partial charge in [-0.15, -0.1) is 0 Å². The second-order valence-corrected chi connectivity index (χ2v) is 12.4. The number of hydrogen-bond acceptors (Lipinski definition) is 6. The molecule has 51 heavy (non-hydrogen) atoms. The molecule has 0 spiro atoms. The molecule has 0 bridgehead atoms.